The van der Waals surface area contributed by atoms with Gasteiger partial charge in [-0.1, -0.05) is 37.6 Å². The number of fused-ring (bicyclic) bond motifs is 1. The predicted molar refractivity (Wildman–Crippen MR) is 93.5 cm³/mol. The maximum absolute atomic E-state index is 13.2. The van der Waals surface area contributed by atoms with Crippen molar-refractivity contribution in [1.29, 1.82) is 0 Å². The van der Waals surface area contributed by atoms with E-state index in [0.29, 0.717) is 10.9 Å². The normalized spacial score (nSPS) is 11.6. The fourth-order valence-corrected chi connectivity index (χ4v) is 4.00. The van der Waals surface area contributed by atoms with Crippen LogP contribution in [0.3, 0.4) is 0 Å². The van der Waals surface area contributed by atoms with Gasteiger partial charge >= 0.3 is 0 Å². The topological polar surface area (TPSA) is 89.4 Å². The summed E-state index contributed by atoms with van der Waals surface area (Å²) in [4.78, 5) is 7.92. The summed E-state index contributed by atoms with van der Waals surface area (Å²) in [6.07, 6.45) is 3.02. The van der Waals surface area contributed by atoms with E-state index in [0.717, 1.165) is 12.8 Å². The largest absolute Gasteiger partial charge is 0.491 e. The van der Waals surface area contributed by atoms with Gasteiger partial charge in [-0.15, -0.1) is 0 Å². The maximum atomic E-state index is 13.2. The van der Waals surface area contributed by atoms with E-state index in [2.05, 4.69) is 9.97 Å². The molecular formula is C18H18N2O4S. The molecule has 1 N–H and O–H groups in total. The third-order valence-corrected chi connectivity index (χ3v) is 5.45. The third kappa shape index (κ3) is 3.28. The van der Waals surface area contributed by atoms with E-state index in [1.807, 2.05) is 6.92 Å². The summed E-state index contributed by atoms with van der Waals surface area (Å²) in [5, 5.41) is 10.6. The Labute approximate surface area is 146 Å². The van der Waals surface area contributed by atoms with Crippen molar-refractivity contribution in [3.63, 3.8) is 0 Å². The zero-order valence-corrected chi connectivity index (χ0v) is 14.5. The van der Waals surface area contributed by atoms with Crippen molar-refractivity contribution in [1.82, 2.24) is 9.97 Å². The Morgan fingerprint density at radius 3 is 2.60 bits per heavy atom. The van der Waals surface area contributed by atoms with Crippen LogP contribution >= 0.6 is 0 Å². The van der Waals surface area contributed by atoms with Crippen LogP contribution in [-0.4, -0.2) is 30.1 Å². The fraction of sp³-hybridized carbons (Fsp3) is 0.222. The summed E-state index contributed by atoms with van der Waals surface area (Å²) < 4.78 is 31.9. The van der Waals surface area contributed by atoms with Gasteiger partial charge in [-0.2, -0.15) is 0 Å². The average molecular weight is 358 g/mol. The Morgan fingerprint density at radius 2 is 1.88 bits per heavy atom. The molecule has 0 aliphatic heterocycles. The van der Waals surface area contributed by atoms with E-state index in [1.54, 1.807) is 36.4 Å². The number of aromatic nitrogens is 2. The van der Waals surface area contributed by atoms with Gasteiger partial charge in [0.25, 0.3) is 5.88 Å². The van der Waals surface area contributed by atoms with Crippen molar-refractivity contribution in [3.8, 4) is 11.6 Å². The highest BCUT2D eigenvalue weighted by Gasteiger charge is 2.29. The third-order valence-electron chi connectivity index (χ3n) is 3.71. The first-order valence-corrected chi connectivity index (χ1v) is 9.44. The van der Waals surface area contributed by atoms with E-state index in [-0.39, 0.29) is 22.3 Å². The molecule has 25 heavy (non-hydrogen) atoms. The van der Waals surface area contributed by atoms with Crippen LogP contribution in [0.25, 0.3) is 10.9 Å². The van der Waals surface area contributed by atoms with Gasteiger partial charge in [-0.3, -0.25) is 0 Å². The van der Waals surface area contributed by atoms with Crippen LogP contribution in [0.4, 0.5) is 0 Å². The van der Waals surface area contributed by atoms with Crippen molar-refractivity contribution in [2.45, 2.75) is 29.7 Å². The van der Waals surface area contributed by atoms with Crippen molar-refractivity contribution in [2.24, 2.45) is 0 Å². The van der Waals surface area contributed by atoms with Gasteiger partial charge in [0.05, 0.1) is 12.1 Å². The summed E-state index contributed by atoms with van der Waals surface area (Å²) in [6.45, 7) is 2.28. The molecule has 2 aromatic heterocycles. The van der Waals surface area contributed by atoms with Crippen molar-refractivity contribution in [2.75, 3.05) is 6.61 Å². The van der Waals surface area contributed by atoms with Gasteiger partial charge in [0, 0.05) is 11.6 Å². The Bertz CT molecular complexity index is 989. The van der Waals surface area contributed by atoms with Crippen LogP contribution < -0.4 is 4.74 Å². The van der Waals surface area contributed by atoms with Crippen LogP contribution in [-0.2, 0) is 9.84 Å². The molecule has 0 fully saturated rings. The number of ether oxygens (including phenoxy) is 1. The standard InChI is InChI=1S/C18H18N2O4S/c1-2-3-12-24-16-17(25(22,23)15-10-6-7-11-19-15)13-8-4-5-9-14(13)20-18(16)21/h4-11H,2-3,12H2,1H3,(H,20,21). The molecule has 0 aliphatic carbocycles. The number of para-hydroxylation sites is 1. The van der Waals surface area contributed by atoms with Crippen LogP contribution in [0.5, 0.6) is 11.6 Å². The molecule has 2 heterocycles. The average Bonchev–Trinajstić information content (AvgIpc) is 2.62. The number of pyridine rings is 2. The molecule has 1 aromatic carbocycles. The smallest absolute Gasteiger partial charge is 0.256 e. The molecule has 0 saturated heterocycles. The lowest BCUT2D eigenvalue weighted by Crippen LogP contribution is -2.09. The van der Waals surface area contributed by atoms with E-state index in [1.165, 1.54) is 12.3 Å². The molecule has 3 rings (SSSR count). The quantitative estimate of drug-likeness (QED) is 0.680. The van der Waals surface area contributed by atoms with Crippen LogP contribution in [0.15, 0.2) is 58.6 Å². The number of nitrogens with zero attached hydrogens (tertiary/aromatic N) is 2. The lowest BCUT2D eigenvalue weighted by molar-refractivity contribution is 0.281. The molecule has 130 valence electrons. The molecule has 6 nitrogen and oxygen atoms in total. The molecule has 3 aromatic rings. The zero-order chi connectivity index (χ0) is 17.9. The second kappa shape index (κ2) is 7.06. The summed E-state index contributed by atoms with van der Waals surface area (Å²) in [6, 6.07) is 11.4. The zero-order valence-electron chi connectivity index (χ0n) is 13.7. The van der Waals surface area contributed by atoms with E-state index in [9.17, 15) is 13.5 Å². The van der Waals surface area contributed by atoms with Gasteiger partial charge in [0.2, 0.25) is 15.6 Å². The Hall–Kier alpha value is -2.67. The molecule has 0 amide bonds. The van der Waals surface area contributed by atoms with E-state index >= 15 is 0 Å². The molecule has 0 aliphatic rings. The highest BCUT2D eigenvalue weighted by molar-refractivity contribution is 7.91. The number of rotatable bonds is 6. The first-order chi connectivity index (χ1) is 12.1. The molecule has 0 unspecified atom stereocenters. The molecular weight excluding hydrogens is 340 g/mol. The Kier molecular flexibility index (Phi) is 4.85. The number of aromatic hydroxyl groups is 1. The Morgan fingerprint density at radius 1 is 1.12 bits per heavy atom. The van der Waals surface area contributed by atoms with Crippen LogP contribution in [0.1, 0.15) is 19.8 Å². The summed E-state index contributed by atoms with van der Waals surface area (Å²) >= 11 is 0. The second-order valence-corrected chi connectivity index (χ2v) is 7.32. The first-order valence-electron chi connectivity index (χ1n) is 7.96. The molecule has 0 bridgehead atoms. The van der Waals surface area contributed by atoms with Gasteiger partial charge in [0.1, 0.15) is 4.90 Å². The minimum absolute atomic E-state index is 0.105. The van der Waals surface area contributed by atoms with Crippen molar-refractivity contribution >= 4 is 20.7 Å². The molecule has 0 atom stereocenters. The highest BCUT2D eigenvalue weighted by atomic mass is 32.2. The highest BCUT2D eigenvalue weighted by Crippen LogP contribution is 2.40. The van der Waals surface area contributed by atoms with Gasteiger partial charge in [0.15, 0.2) is 5.03 Å². The first kappa shape index (κ1) is 17.2. The lowest BCUT2D eigenvalue weighted by Gasteiger charge is -2.15. The van der Waals surface area contributed by atoms with Gasteiger partial charge in [-0.25, -0.2) is 18.4 Å². The van der Waals surface area contributed by atoms with Gasteiger partial charge < -0.3 is 9.84 Å². The summed E-state index contributed by atoms with van der Waals surface area (Å²) in [5.41, 5.74) is 0.373. The number of benzene rings is 1. The van der Waals surface area contributed by atoms with E-state index < -0.39 is 15.7 Å². The van der Waals surface area contributed by atoms with E-state index in [4.69, 9.17) is 4.74 Å². The maximum Gasteiger partial charge on any atom is 0.256 e. The molecule has 0 spiro atoms. The number of hydrogen-bond donors (Lipinski definition) is 1. The predicted octanol–water partition coefficient (Wildman–Crippen LogP) is 3.35. The molecule has 7 heteroatoms. The number of sulfone groups is 1. The van der Waals surface area contributed by atoms with Crippen LogP contribution in [0, 0.1) is 0 Å². The summed E-state index contributed by atoms with van der Waals surface area (Å²) in [7, 11) is -3.99. The monoisotopic (exact) mass is 358 g/mol. The lowest BCUT2D eigenvalue weighted by atomic mass is 10.2. The van der Waals surface area contributed by atoms with Gasteiger partial charge in [-0.05, 0) is 24.6 Å². The Balaban J connectivity index is 2.28. The van der Waals surface area contributed by atoms with Crippen molar-refractivity contribution < 1.29 is 18.3 Å². The SMILES string of the molecule is CCCCOc1c(O)nc2ccccc2c1S(=O)(=O)c1ccccn1. The fourth-order valence-electron chi connectivity index (χ4n) is 2.48. The molecule has 0 saturated carbocycles. The number of unbranched alkanes of at least 4 members (excludes halogenated alkanes) is 1. The van der Waals surface area contributed by atoms with Crippen LogP contribution in [0.2, 0.25) is 0 Å². The van der Waals surface area contributed by atoms with Crippen molar-refractivity contribution in [3.05, 3.63) is 48.7 Å². The minimum atomic E-state index is -3.99. The number of hydrogen-bond acceptors (Lipinski definition) is 6. The second-order valence-electron chi connectivity index (χ2n) is 5.48. The molecule has 0 radical (unpaired) electrons. The minimum Gasteiger partial charge on any atom is -0.491 e. The summed E-state index contributed by atoms with van der Waals surface area (Å²) in [5.74, 6) is -0.567.